The predicted molar refractivity (Wildman–Crippen MR) is 194 cm³/mol. The second kappa shape index (κ2) is 19.7. The number of hydrogen-bond donors (Lipinski definition) is 4. The number of thioether (sulfide) groups is 2. The number of aromatic amines is 1. The Bertz CT molecular complexity index is 1880. The summed E-state index contributed by atoms with van der Waals surface area (Å²) in [6.45, 7) is 3.85. The number of hydrogen-bond acceptors (Lipinski definition) is 14. The fourth-order valence-electron chi connectivity index (χ4n) is 4.94. The summed E-state index contributed by atoms with van der Waals surface area (Å²) in [5.74, 6) is -4.47. The lowest BCUT2D eigenvalue weighted by Gasteiger charge is -2.50. The topological polar surface area (TPSA) is 220 Å². The van der Waals surface area contributed by atoms with E-state index in [0.717, 1.165) is 50.0 Å². The average Bonchev–Trinajstić information content (AvgIpc) is 3.15. The summed E-state index contributed by atoms with van der Waals surface area (Å²) < 4.78 is 1.22. The third-order valence-electron chi connectivity index (χ3n) is 7.46. The van der Waals surface area contributed by atoms with Crippen molar-refractivity contribution in [3.63, 3.8) is 0 Å². The first-order valence-electron chi connectivity index (χ1n) is 15.7. The summed E-state index contributed by atoms with van der Waals surface area (Å²) in [6, 6.07) is 19.8. The van der Waals surface area contributed by atoms with Crippen molar-refractivity contribution in [2.75, 3.05) is 37.6 Å². The number of ketones is 1. The van der Waals surface area contributed by atoms with Crippen molar-refractivity contribution in [3.8, 4) is 0 Å². The Morgan fingerprint density at radius 1 is 1.04 bits per heavy atom. The summed E-state index contributed by atoms with van der Waals surface area (Å²) in [7, 11) is 2.58. The number of fused-ring (bicyclic) bond motifs is 1. The molecule has 2 aromatic carbocycles. The highest BCUT2D eigenvalue weighted by Crippen LogP contribution is 2.41. The summed E-state index contributed by atoms with van der Waals surface area (Å²) >= 11 is 7.62. The number of carboxylic acid groups (broad SMARTS) is 1. The molecular formula is C33H36ClN8O8S2-. The second-order valence-corrected chi connectivity index (χ2v) is 13.4. The fraction of sp³-hybridized carbons (Fsp3) is 0.333. The number of halogens is 1. The second-order valence-electron chi connectivity index (χ2n) is 11.1. The van der Waals surface area contributed by atoms with Crippen molar-refractivity contribution in [2.45, 2.75) is 29.7 Å². The maximum Gasteiger partial charge on any atom is 0.339 e. The van der Waals surface area contributed by atoms with Gasteiger partial charge in [-0.25, -0.2) is 0 Å². The zero-order valence-corrected chi connectivity index (χ0v) is 30.5. The van der Waals surface area contributed by atoms with E-state index in [1.54, 1.807) is 0 Å². The Hall–Kier alpha value is -4.75. The van der Waals surface area contributed by atoms with E-state index in [1.165, 1.54) is 34.6 Å². The number of nitrogens with one attached hydrogen (secondary N) is 4. The largest absolute Gasteiger partial charge is 0.543 e. The van der Waals surface area contributed by atoms with Gasteiger partial charge in [-0.15, -0.1) is 23.4 Å². The highest BCUT2D eigenvalue weighted by atomic mass is 35.5. The molecule has 52 heavy (non-hydrogen) atoms. The molecule has 2 atom stereocenters. The quantitative estimate of drug-likeness (QED) is 0.0208. The number of aliphatic carboxylic acids is 1. The fourth-order valence-corrected chi connectivity index (χ4v) is 7.47. The van der Waals surface area contributed by atoms with Crippen molar-refractivity contribution in [1.29, 1.82) is 0 Å². The maximum atomic E-state index is 12.7. The number of aromatic nitrogens is 3. The minimum atomic E-state index is -1.60. The number of rotatable bonds is 16. The molecule has 16 nitrogen and oxygen atoms in total. The number of nitrogens with zero attached hydrogens (tertiary/aromatic N) is 4. The number of aryl methyl sites for hydroxylation is 1. The molecule has 0 spiro atoms. The molecule has 0 saturated carbocycles. The van der Waals surface area contributed by atoms with Crippen LogP contribution in [-0.4, -0.2) is 97.9 Å². The van der Waals surface area contributed by atoms with Gasteiger partial charge in [-0.3, -0.25) is 38.7 Å². The molecule has 276 valence electrons. The van der Waals surface area contributed by atoms with E-state index in [2.05, 4.69) is 84.6 Å². The molecule has 5 rings (SSSR count). The predicted octanol–water partition coefficient (Wildman–Crippen LogP) is -0.659. The van der Waals surface area contributed by atoms with Gasteiger partial charge in [0.1, 0.15) is 18.5 Å². The van der Waals surface area contributed by atoms with Crippen LogP contribution in [0.15, 0.2) is 91.8 Å². The lowest BCUT2D eigenvalue weighted by atomic mass is 10.0. The average molecular weight is 772 g/mol. The van der Waals surface area contributed by atoms with E-state index >= 15 is 0 Å². The van der Waals surface area contributed by atoms with Crippen molar-refractivity contribution < 1.29 is 29.1 Å². The normalized spacial score (nSPS) is 16.6. The van der Waals surface area contributed by atoms with Gasteiger partial charge >= 0.3 is 11.1 Å². The number of carbonyl (C=O) groups is 4. The number of oxime groups is 1. The van der Waals surface area contributed by atoms with E-state index in [-0.39, 0.29) is 22.4 Å². The van der Waals surface area contributed by atoms with Gasteiger partial charge in [-0.05, 0) is 16.7 Å². The SMILES string of the molecule is CO/N=C(/C(=O)CCl)C(=O)N[C@@H]1C(=O)N2C(C(=O)[O-])=C(CSc3nc(=O)c(=O)[nH]n3C)CSC12.c1ccc(CNCCNCc2ccccc2)cc1. The molecule has 1 unspecified atom stereocenters. The van der Waals surface area contributed by atoms with Crippen molar-refractivity contribution >= 4 is 64.4 Å². The smallest absolute Gasteiger partial charge is 0.339 e. The van der Waals surface area contributed by atoms with Gasteiger partial charge in [0.25, 0.3) is 11.8 Å². The third kappa shape index (κ3) is 10.6. The maximum absolute atomic E-state index is 12.7. The Kier molecular flexibility index (Phi) is 15.2. The van der Waals surface area contributed by atoms with Crippen LogP contribution in [0.1, 0.15) is 11.1 Å². The summed E-state index contributed by atoms with van der Waals surface area (Å²) in [5, 5.41) is 26.0. The molecule has 3 aromatic rings. The van der Waals surface area contributed by atoms with Gasteiger partial charge in [-0.1, -0.05) is 77.6 Å². The molecule has 1 saturated heterocycles. The van der Waals surface area contributed by atoms with Crippen LogP contribution < -0.4 is 32.2 Å². The van der Waals surface area contributed by atoms with Crippen LogP contribution in [-0.2, 0) is 44.2 Å². The summed E-state index contributed by atoms with van der Waals surface area (Å²) in [6.07, 6.45) is 0. The van der Waals surface area contributed by atoms with E-state index in [0.29, 0.717) is 5.57 Å². The first-order chi connectivity index (χ1) is 25.0. The van der Waals surface area contributed by atoms with Gasteiger partial charge in [0.15, 0.2) is 5.16 Å². The van der Waals surface area contributed by atoms with Gasteiger partial charge in [0, 0.05) is 44.7 Å². The summed E-state index contributed by atoms with van der Waals surface area (Å²) in [5.41, 5.74) is 0.113. The lowest BCUT2D eigenvalue weighted by Crippen LogP contribution is -2.71. The molecule has 2 amide bonds. The highest BCUT2D eigenvalue weighted by Gasteiger charge is 2.53. The van der Waals surface area contributed by atoms with Crippen LogP contribution in [0, 0.1) is 0 Å². The van der Waals surface area contributed by atoms with E-state index < -0.39 is 57.7 Å². The van der Waals surface area contributed by atoms with Gasteiger partial charge in [-0.2, -0.15) is 4.98 Å². The monoisotopic (exact) mass is 771 g/mol. The highest BCUT2D eigenvalue weighted by molar-refractivity contribution is 8.01. The third-order valence-corrected chi connectivity index (χ3v) is 10.2. The number of carbonyl (C=O) groups excluding carboxylic acids is 4. The number of Topliss-reactive ketones (excluding diaryl/α,β-unsaturated/α-hetero) is 1. The number of β-lactam (4-membered cyclic amide) rings is 1. The number of alkyl halides is 1. The minimum absolute atomic E-state index is 0.0328. The number of amides is 2. The van der Waals surface area contributed by atoms with Crippen LogP contribution in [0.25, 0.3) is 0 Å². The van der Waals surface area contributed by atoms with Crippen molar-refractivity contribution in [2.24, 2.45) is 12.2 Å². The molecule has 3 heterocycles. The minimum Gasteiger partial charge on any atom is -0.543 e. The van der Waals surface area contributed by atoms with Crippen LogP contribution in [0.5, 0.6) is 0 Å². The number of benzene rings is 2. The molecule has 1 aromatic heterocycles. The van der Waals surface area contributed by atoms with E-state index in [9.17, 15) is 33.9 Å². The molecular weight excluding hydrogens is 736 g/mol. The Labute approximate surface area is 311 Å². The molecule has 0 bridgehead atoms. The molecule has 19 heteroatoms. The van der Waals surface area contributed by atoms with Crippen LogP contribution in [0.2, 0.25) is 0 Å². The Morgan fingerprint density at radius 2 is 1.63 bits per heavy atom. The molecule has 2 aliphatic heterocycles. The van der Waals surface area contributed by atoms with Crippen LogP contribution >= 0.6 is 35.1 Å². The van der Waals surface area contributed by atoms with Gasteiger partial charge < -0.3 is 30.7 Å². The number of carboxylic acids is 1. The van der Waals surface area contributed by atoms with Gasteiger partial charge in [0.2, 0.25) is 11.5 Å². The van der Waals surface area contributed by atoms with Crippen LogP contribution in [0.3, 0.4) is 0 Å². The van der Waals surface area contributed by atoms with E-state index in [4.69, 9.17) is 11.6 Å². The standard InChI is InChI=1S/C17H17ClN6O8S2.C16H20N2/c1-23-17(20-12(27)13(28)21-23)34-5-6-4-33-15-9(14(29)24(15)10(6)16(30)31)19-11(26)8(22-32-2)7(25)3-18;1-3-7-15(8-4-1)13-17-11-12-18-14-16-9-5-2-6-10-16/h9,15H,3-5H2,1-2H3,(H,19,26)(H,21,28)(H,30,31);1-10,17-18H,11-14H2/p-1/b22-8-;/t9-,15?;/m1./s1. The first-order valence-corrected chi connectivity index (χ1v) is 18.3. The molecule has 4 N–H and O–H groups in total. The zero-order valence-electron chi connectivity index (χ0n) is 28.1. The van der Waals surface area contributed by atoms with Crippen molar-refractivity contribution in [1.82, 2.24) is 35.6 Å². The number of H-pyrrole nitrogens is 1. The Balaban J connectivity index is 0.000000281. The lowest BCUT2D eigenvalue weighted by molar-refractivity contribution is -0.301. The molecule has 2 aliphatic rings. The Morgan fingerprint density at radius 3 is 2.17 bits per heavy atom. The van der Waals surface area contributed by atoms with Gasteiger partial charge in [0.05, 0.1) is 17.5 Å². The molecule has 1 fully saturated rings. The zero-order chi connectivity index (χ0) is 37.6. The van der Waals surface area contributed by atoms with E-state index in [1.807, 2.05) is 12.1 Å². The summed E-state index contributed by atoms with van der Waals surface area (Å²) in [4.78, 5) is 80.7. The van der Waals surface area contributed by atoms with Crippen LogP contribution in [0.4, 0.5) is 0 Å². The molecule has 0 radical (unpaired) electrons. The first kappa shape index (κ1) is 40.0. The van der Waals surface area contributed by atoms with Crippen molar-refractivity contribution in [3.05, 3.63) is 104 Å². The molecule has 0 aliphatic carbocycles.